The first kappa shape index (κ1) is 89.1. The zero-order valence-electron chi connectivity index (χ0n) is 82.8. The van der Waals surface area contributed by atoms with Gasteiger partial charge in [0, 0.05) is 111 Å². The third kappa shape index (κ3) is 15.4. The number of benzene rings is 22. The van der Waals surface area contributed by atoms with Gasteiger partial charge in [0.2, 0.25) is 5.95 Å². The van der Waals surface area contributed by atoms with Gasteiger partial charge >= 0.3 is 0 Å². The van der Waals surface area contributed by atoms with Crippen molar-refractivity contribution >= 4 is 142 Å². The molecule has 0 atom stereocenters. The lowest BCUT2D eigenvalue weighted by molar-refractivity contribution is 0.660. The molecule has 2 aliphatic rings. The lowest BCUT2D eigenvalue weighted by atomic mass is 9.81. The number of aromatic nitrogens is 5. The third-order valence-corrected chi connectivity index (χ3v) is 31.9. The number of nitrogens with zero attached hydrogens (tertiary/aromatic N) is 7. The van der Waals surface area contributed by atoms with Crippen molar-refractivity contribution in [3.05, 3.63) is 550 Å². The summed E-state index contributed by atoms with van der Waals surface area (Å²) in [4.78, 5) is 20.2. The molecule has 704 valence electrons. The standard InChI is InChI=1S/C55H42N2.C43H29N3S.C43H28N2/c1-55(2)52-25-12-11-24-50(52)51-36-35-48(38-53(51)55)56(44-19-5-3-6-20-44)46-31-27-39(28-32-46)42-17-13-18-43(37-42)40-29-33-47(34-30-40)57(45-21-7-4-8-22-45)54-26-14-16-41-15-9-10-23-49(41)54;1-43(2)34-19-11-9-18-31(34)39-37(43)33-24-23-30-29-17-10-12-20-36(29)47-41(30)40(33)46(39)42-44-35-25-28(26-13-5-3-6-14-26)21-22-32(35)38(45-42)27-15-7-4-8-16-27;1-4-12-29(13-5-1)42-34-18-10-11-19-35(34)43(30-14-6-2-7-15-30)38-27-31(20-22-36(38)42)32-21-23-40-37(26-32)39-28-44-25-24-41(39)45(40)33-16-8-3-9-17-33/h3-38H,1-2H3;3-25H,1-2H3;1-28H. The van der Waals surface area contributed by atoms with Crippen molar-refractivity contribution in [3.8, 4) is 112 Å². The van der Waals surface area contributed by atoms with Crippen LogP contribution in [0.1, 0.15) is 49.9 Å². The van der Waals surface area contributed by atoms with E-state index in [1.165, 1.54) is 180 Å². The predicted molar refractivity (Wildman–Crippen MR) is 629 cm³/mol. The number of fused-ring (bicyclic) bond motifs is 19. The van der Waals surface area contributed by atoms with Crippen molar-refractivity contribution < 1.29 is 0 Å². The van der Waals surface area contributed by atoms with Gasteiger partial charge in [0.25, 0.3) is 0 Å². The summed E-state index contributed by atoms with van der Waals surface area (Å²) < 4.78 is 7.29. The van der Waals surface area contributed by atoms with Crippen LogP contribution in [0.25, 0.3) is 208 Å². The predicted octanol–water partition coefficient (Wildman–Crippen LogP) is 38.5. The number of hydrogen-bond acceptors (Lipinski definition) is 6. The van der Waals surface area contributed by atoms with Crippen molar-refractivity contribution in [1.82, 2.24) is 24.1 Å². The Balaban J connectivity index is 0.000000111. The van der Waals surface area contributed by atoms with Crippen molar-refractivity contribution in [2.45, 2.75) is 38.5 Å². The molecule has 22 aromatic carbocycles. The smallest absolute Gasteiger partial charge is 0.235 e. The highest BCUT2D eigenvalue weighted by molar-refractivity contribution is 7.26. The molecule has 0 saturated carbocycles. The molecule has 8 heteroatoms. The molecule has 27 aromatic rings. The van der Waals surface area contributed by atoms with E-state index in [9.17, 15) is 0 Å². The number of thiophene rings is 1. The van der Waals surface area contributed by atoms with E-state index < -0.39 is 0 Å². The highest BCUT2D eigenvalue weighted by Gasteiger charge is 2.43. The maximum atomic E-state index is 5.48. The van der Waals surface area contributed by atoms with E-state index in [1.807, 2.05) is 23.7 Å². The topological polar surface area (TPSA) is 55.0 Å². The van der Waals surface area contributed by atoms with Crippen LogP contribution in [0.3, 0.4) is 0 Å². The monoisotopic (exact) mass is 1920 g/mol. The summed E-state index contributed by atoms with van der Waals surface area (Å²) in [5, 5.41) is 14.7. The summed E-state index contributed by atoms with van der Waals surface area (Å²) >= 11 is 1.87. The zero-order chi connectivity index (χ0) is 99.4. The van der Waals surface area contributed by atoms with E-state index in [2.05, 4.69) is 567 Å². The van der Waals surface area contributed by atoms with Gasteiger partial charge in [-0.1, -0.05) is 416 Å². The summed E-state index contributed by atoms with van der Waals surface area (Å²) in [6, 6.07) is 186. The van der Waals surface area contributed by atoms with E-state index in [0.717, 1.165) is 78.4 Å². The van der Waals surface area contributed by atoms with Crippen LogP contribution in [0.2, 0.25) is 0 Å². The second-order valence-corrected chi connectivity index (χ2v) is 41.1. The van der Waals surface area contributed by atoms with Crippen molar-refractivity contribution in [2.24, 2.45) is 0 Å². The SMILES string of the molecule is CC1(C)c2ccccc2-c2c1c1ccc3c4ccccc4sc3c1n2-c1nc(-c2ccccc2)c2ccc(-c3ccccc3)cc2n1.CC1(C)c2ccccc2-c2ccc(N(c3ccccc3)c3ccc(-c4cccc(-c5ccc(N(c6ccccc6)c6cccc7ccccc67)cc5)c4)cc3)cc21.c1ccc(-c2c3ccccc3c(-c3ccccc3)c3cc(-c4ccc5c(c4)c4cnccc4n5-c4ccccc4)ccc23)cc1. The minimum Gasteiger partial charge on any atom is -0.310 e. The fraction of sp³-hybridized carbons (Fsp3) is 0.0426. The molecule has 149 heavy (non-hydrogen) atoms. The highest BCUT2D eigenvalue weighted by atomic mass is 32.1. The minimum atomic E-state index is -0.181. The third-order valence-electron chi connectivity index (χ3n) is 30.7. The van der Waals surface area contributed by atoms with Crippen LogP contribution in [-0.2, 0) is 10.8 Å². The number of pyridine rings is 1. The van der Waals surface area contributed by atoms with Crippen LogP contribution in [0, 0.1) is 0 Å². The van der Waals surface area contributed by atoms with Gasteiger partial charge in [-0.25, -0.2) is 9.97 Å². The zero-order valence-corrected chi connectivity index (χ0v) is 83.6. The molecule has 29 rings (SSSR count). The number of para-hydroxylation sites is 3. The lowest BCUT2D eigenvalue weighted by Gasteiger charge is -2.28. The Morgan fingerprint density at radius 3 is 1.36 bits per heavy atom. The van der Waals surface area contributed by atoms with E-state index >= 15 is 0 Å². The van der Waals surface area contributed by atoms with Gasteiger partial charge < -0.3 is 14.4 Å². The van der Waals surface area contributed by atoms with Crippen molar-refractivity contribution in [1.29, 1.82) is 0 Å². The molecule has 0 N–H and O–H groups in total. The van der Waals surface area contributed by atoms with Gasteiger partial charge in [-0.15, -0.1) is 11.3 Å². The summed E-state index contributed by atoms with van der Waals surface area (Å²) in [5.74, 6) is 0.699. The van der Waals surface area contributed by atoms with Gasteiger partial charge in [-0.05, 0) is 254 Å². The summed E-state index contributed by atoms with van der Waals surface area (Å²) in [6.45, 7) is 9.41. The van der Waals surface area contributed by atoms with Crippen molar-refractivity contribution in [2.75, 3.05) is 9.80 Å². The van der Waals surface area contributed by atoms with E-state index in [4.69, 9.17) is 9.97 Å². The minimum absolute atomic E-state index is 0.0719. The van der Waals surface area contributed by atoms with E-state index in [0.29, 0.717) is 5.95 Å². The fourth-order valence-electron chi connectivity index (χ4n) is 23.7. The van der Waals surface area contributed by atoms with Gasteiger partial charge in [-0.3, -0.25) is 9.55 Å². The maximum Gasteiger partial charge on any atom is 0.235 e. The van der Waals surface area contributed by atoms with Crippen LogP contribution in [-0.4, -0.2) is 24.1 Å². The Morgan fingerprint density at radius 2 is 0.698 bits per heavy atom. The first-order valence-electron chi connectivity index (χ1n) is 51.2. The van der Waals surface area contributed by atoms with E-state index in [1.54, 1.807) is 0 Å². The molecule has 0 aliphatic heterocycles. The van der Waals surface area contributed by atoms with Crippen LogP contribution in [0.4, 0.5) is 34.1 Å². The quantitative estimate of drug-likeness (QED) is 0.0958. The van der Waals surface area contributed by atoms with Crippen LogP contribution < -0.4 is 9.80 Å². The second-order valence-electron chi connectivity index (χ2n) is 40.0. The summed E-state index contributed by atoms with van der Waals surface area (Å²) in [6.07, 6.45) is 3.87. The second kappa shape index (κ2) is 36.8. The van der Waals surface area contributed by atoms with Gasteiger partial charge in [-0.2, -0.15) is 0 Å². The molecular formula is C141H99N7S. The molecular weight excluding hydrogens is 1820 g/mol. The average Bonchev–Trinajstić information content (AvgIpc) is 1.49. The first-order valence-corrected chi connectivity index (χ1v) is 52.1. The van der Waals surface area contributed by atoms with Gasteiger partial charge in [0.1, 0.15) is 0 Å². The normalized spacial score (nSPS) is 12.5. The summed E-state index contributed by atoms with van der Waals surface area (Å²) in [7, 11) is 0. The molecule has 0 amide bonds. The average molecular weight is 1920 g/mol. The Hall–Kier alpha value is -18.7. The van der Waals surface area contributed by atoms with Gasteiger partial charge in [0.05, 0.1) is 43.8 Å². The Kier molecular flexibility index (Phi) is 22.0. The molecule has 0 bridgehead atoms. The first-order chi connectivity index (χ1) is 73.4. The van der Waals surface area contributed by atoms with Gasteiger partial charge in [0.15, 0.2) is 0 Å². The largest absolute Gasteiger partial charge is 0.310 e. The molecule has 0 spiro atoms. The Bertz CT molecular complexity index is 9860. The van der Waals surface area contributed by atoms with Crippen LogP contribution in [0.5, 0.6) is 0 Å². The lowest BCUT2D eigenvalue weighted by Crippen LogP contribution is -2.16. The van der Waals surface area contributed by atoms with Crippen LogP contribution >= 0.6 is 11.3 Å². The molecule has 7 nitrogen and oxygen atoms in total. The maximum absolute atomic E-state index is 5.48. The molecule has 0 saturated heterocycles. The molecule has 0 radical (unpaired) electrons. The molecule has 0 unspecified atom stereocenters. The number of hydrogen-bond donors (Lipinski definition) is 0. The molecule has 5 heterocycles. The van der Waals surface area contributed by atoms with Crippen LogP contribution in [0.15, 0.2) is 528 Å². The molecule has 0 fully saturated rings. The fourth-order valence-corrected chi connectivity index (χ4v) is 24.9. The van der Waals surface area contributed by atoms with Crippen molar-refractivity contribution in [3.63, 3.8) is 0 Å². The molecule has 2 aliphatic carbocycles. The summed E-state index contributed by atoms with van der Waals surface area (Å²) in [5.41, 5.74) is 39.2. The number of rotatable bonds is 15. The number of anilines is 6. The Labute approximate surface area is 869 Å². The highest BCUT2D eigenvalue weighted by Crippen LogP contribution is 2.58. The Morgan fingerprint density at radius 1 is 0.255 bits per heavy atom. The molecule has 5 aromatic heterocycles. The van der Waals surface area contributed by atoms with E-state index in [-0.39, 0.29) is 10.8 Å².